The van der Waals surface area contributed by atoms with Crippen LogP contribution in [0.1, 0.15) is 27.1 Å². The highest BCUT2D eigenvalue weighted by Gasteiger charge is 2.18. The Balaban J connectivity index is 2.24. The first kappa shape index (κ1) is 14.6. The Morgan fingerprint density at radius 1 is 0.905 bits per heavy atom. The fourth-order valence-corrected chi connectivity index (χ4v) is 4.06. The second-order valence-electron chi connectivity index (χ2n) is 5.38. The van der Waals surface area contributed by atoms with Gasteiger partial charge in [-0.15, -0.1) is 0 Å². The van der Waals surface area contributed by atoms with Gasteiger partial charge in [0.15, 0.2) is 0 Å². The minimum atomic E-state index is 0.141. The largest absolute Gasteiger partial charge is 0.0843 e. The van der Waals surface area contributed by atoms with Gasteiger partial charge in [0, 0.05) is 5.02 Å². The van der Waals surface area contributed by atoms with Crippen molar-refractivity contribution < 1.29 is 0 Å². The summed E-state index contributed by atoms with van der Waals surface area (Å²) in [6.45, 7) is 4.29. The van der Waals surface area contributed by atoms with Gasteiger partial charge in [-0.3, -0.25) is 0 Å². The van der Waals surface area contributed by atoms with Crippen molar-refractivity contribution in [2.24, 2.45) is 0 Å². The minimum Gasteiger partial charge on any atom is -0.0843 e. The highest BCUT2D eigenvalue weighted by atomic mass is 79.9. The van der Waals surface area contributed by atoms with E-state index in [1.807, 2.05) is 6.07 Å². The van der Waals surface area contributed by atoms with Crippen LogP contribution < -0.4 is 0 Å². The van der Waals surface area contributed by atoms with E-state index in [0.29, 0.717) is 0 Å². The lowest BCUT2D eigenvalue weighted by atomic mass is 9.92. The van der Waals surface area contributed by atoms with Crippen molar-refractivity contribution in [3.05, 3.63) is 81.9 Å². The van der Waals surface area contributed by atoms with E-state index in [1.165, 1.54) is 33.0 Å². The first-order valence-electron chi connectivity index (χ1n) is 6.96. The number of hydrogen-bond acceptors (Lipinski definition) is 0. The Kier molecular flexibility index (Phi) is 4.05. The van der Waals surface area contributed by atoms with Gasteiger partial charge in [0.05, 0.1) is 4.83 Å². The average Bonchev–Trinajstić information content (AvgIpc) is 2.49. The average molecular weight is 360 g/mol. The first-order valence-corrected chi connectivity index (χ1v) is 8.25. The van der Waals surface area contributed by atoms with E-state index >= 15 is 0 Å². The van der Waals surface area contributed by atoms with Crippen molar-refractivity contribution in [3.8, 4) is 0 Å². The van der Waals surface area contributed by atoms with E-state index < -0.39 is 0 Å². The third kappa shape index (κ3) is 2.73. The molecule has 0 spiro atoms. The molecule has 0 saturated heterocycles. The van der Waals surface area contributed by atoms with Gasteiger partial charge in [-0.05, 0) is 59.0 Å². The van der Waals surface area contributed by atoms with E-state index in [-0.39, 0.29) is 4.83 Å². The van der Waals surface area contributed by atoms with Crippen molar-refractivity contribution in [1.29, 1.82) is 0 Å². The molecule has 0 amide bonds. The lowest BCUT2D eigenvalue weighted by molar-refractivity contribution is 1.13. The first-order chi connectivity index (χ1) is 10.1. The van der Waals surface area contributed by atoms with Gasteiger partial charge in [0.25, 0.3) is 0 Å². The number of rotatable bonds is 2. The standard InChI is InChI=1S/C19H16BrCl/c1-12-8-10-15(21)11-17(12)19(20)18-13(2)7-9-14-5-3-4-6-16(14)18/h3-11,19H,1-2H3. The maximum atomic E-state index is 6.19. The van der Waals surface area contributed by atoms with Crippen LogP contribution >= 0.6 is 27.5 Å². The lowest BCUT2D eigenvalue weighted by Crippen LogP contribution is -1.99. The molecule has 0 fully saturated rings. The zero-order valence-corrected chi connectivity index (χ0v) is 14.4. The van der Waals surface area contributed by atoms with Crippen molar-refractivity contribution in [1.82, 2.24) is 0 Å². The highest BCUT2D eigenvalue weighted by Crippen LogP contribution is 2.39. The molecule has 0 saturated carbocycles. The zero-order valence-electron chi connectivity index (χ0n) is 12.0. The van der Waals surface area contributed by atoms with Gasteiger partial charge in [0.1, 0.15) is 0 Å². The molecule has 0 heterocycles. The van der Waals surface area contributed by atoms with Crippen LogP contribution in [0.3, 0.4) is 0 Å². The summed E-state index contributed by atoms with van der Waals surface area (Å²) < 4.78 is 0. The molecule has 0 aromatic heterocycles. The fourth-order valence-electron chi connectivity index (χ4n) is 2.78. The smallest absolute Gasteiger partial charge is 0.0656 e. The van der Waals surface area contributed by atoms with E-state index in [9.17, 15) is 0 Å². The molecule has 3 aromatic rings. The molecule has 3 rings (SSSR count). The second-order valence-corrected chi connectivity index (χ2v) is 6.73. The van der Waals surface area contributed by atoms with Crippen LogP contribution in [-0.2, 0) is 0 Å². The maximum Gasteiger partial charge on any atom is 0.0656 e. The SMILES string of the molecule is Cc1ccc(Cl)cc1C(Br)c1c(C)ccc2ccccc12. The van der Waals surface area contributed by atoms with Gasteiger partial charge >= 0.3 is 0 Å². The summed E-state index contributed by atoms with van der Waals surface area (Å²) in [5, 5.41) is 3.33. The molecule has 0 radical (unpaired) electrons. The molecule has 1 unspecified atom stereocenters. The Morgan fingerprint density at radius 3 is 2.43 bits per heavy atom. The third-order valence-corrected chi connectivity index (χ3v) is 5.14. The van der Waals surface area contributed by atoms with Crippen molar-refractivity contribution in [2.45, 2.75) is 18.7 Å². The van der Waals surface area contributed by atoms with Gasteiger partial charge in [-0.1, -0.05) is 70.0 Å². The highest BCUT2D eigenvalue weighted by molar-refractivity contribution is 9.09. The lowest BCUT2D eigenvalue weighted by Gasteiger charge is -2.19. The van der Waals surface area contributed by atoms with E-state index in [2.05, 4.69) is 78.3 Å². The van der Waals surface area contributed by atoms with Gasteiger partial charge < -0.3 is 0 Å². The molecule has 0 N–H and O–H groups in total. The number of hydrogen-bond donors (Lipinski definition) is 0. The Labute approximate surface area is 138 Å². The molecule has 0 nitrogen and oxygen atoms in total. The molecule has 0 bridgehead atoms. The van der Waals surface area contributed by atoms with Crippen molar-refractivity contribution in [2.75, 3.05) is 0 Å². The zero-order chi connectivity index (χ0) is 15.0. The maximum absolute atomic E-state index is 6.19. The van der Waals surface area contributed by atoms with Crippen molar-refractivity contribution >= 4 is 38.3 Å². The molecule has 0 aliphatic heterocycles. The number of benzene rings is 3. The van der Waals surface area contributed by atoms with E-state index in [1.54, 1.807) is 0 Å². The summed E-state index contributed by atoms with van der Waals surface area (Å²) in [4.78, 5) is 0.141. The number of alkyl halides is 1. The molecular formula is C19H16BrCl. The summed E-state index contributed by atoms with van der Waals surface area (Å²) in [6, 6.07) is 18.9. The molecule has 1 atom stereocenters. The normalized spacial score (nSPS) is 12.6. The van der Waals surface area contributed by atoms with E-state index in [0.717, 1.165) is 5.02 Å². The van der Waals surface area contributed by atoms with Crippen LogP contribution in [0.4, 0.5) is 0 Å². The van der Waals surface area contributed by atoms with Crippen LogP contribution in [-0.4, -0.2) is 0 Å². The van der Waals surface area contributed by atoms with Crippen LogP contribution in [0.5, 0.6) is 0 Å². The monoisotopic (exact) mass is 358 g/mol. The predicted molar refractivity (Wildman–Crippen MR) is 95.6 cm³/mol. The quantitative estimate of drug-likeness (QED) is 0.452. The minimum absolute atomic E-state index is 0.141. The molecule has 0 aliphatic carbocycles. The molecule has 106 valence electrons. The Hall–Kier alpha value is -1.31. The molecular weight excluding hydrogens is 344 g/mol. The molecule has 3 aromatic carbocycles. The van der Waals surface area contributed by atoms with Gasteiger partial charge in [0.2, 0.25) is 0 Å². The summed E-state index contributed by atoms with van der Waals surface area (Å²) in [5.74, 6) is 0. The van der Waals surface area contributed by atoms with Gasteiger partial charge in [-0.2, -0.15) is 0 Å². The summed E-state index contributed by atoms with van der Waals surface area (Å²) in [7, 11) is 0. The van der Waals surface area contributed by atoms with Gasteiger partial charge in [-0.25, -0.2) is 0 Å². The van der Waals surface area contributed by atoms with Crippen LogP contribution in [0.15, 0.2) is 54.6 Å². The van der Waals surface area contributed by atoms with Crippen LogP contribution in [0.2, 0.25) is 5.02 Å². The van der Waals surface area contributed by atoms with Crippen LogP contribution in [0.25, 0.3) is 10.8 Å². The molecule has 2 heteroatoms. The number of halogens is 2. The summed E-state index contributed by atoms with van der Waals surface area (Å²) >= 11 is 10.1. The Morgan fingerprint density at radius 2 is 1.62 bits per heavy atom. The van der Waals surface area contributed by atoms with Crippen molar-refractivity contribution in [3.63, 3.8) is 0 Å². The number of aryl methyl sites for hydroxylation is 2. The fraction of sp³-hybridized carbons (Fsp3) is 0.158. The molecule has 0 aliphatic rings. The van der Waals surface area contributed by atoms with E-state index in [4.69, 9.17) is 11.6 Å². The summed E-state index contributed by atoms with van der Waals surface area (Å²) in [5.41, 5.74) is 5.07. The third-order valence-electron chi connectivity index (χ3n) is 3.96. The number of fused-ring (bicyclic) bond motifs is 1. The summed E-state index contributed by atoms with van der Waals surface area (Å²) in [6.07, 6.45) is 0. The topological polar surface area (TPSA) is 0 Å². The Bertz CT molecular complexity index is 808. The van der Waals surface area contributed by atoms with Crippen LogP contribution in [0, 0.1) is 13.8 Å². The second kappa shape index (κ2) is 5.82. The molecule has 21 heavy (non-hydrogen) atoms. The predicted octanol–water partition coefficient (Wildman–Crippen LogP) is 6.59.